The lowest BCUT2D eigenvalue weighted by Gasteiger charge is -2.04. The minimum absolute atomic E-state index is 0.110. The SMILES string of the molecule is CN1Cc2cc(CN)ccc2C1=O. The maximum absolute atomic E-state index is 11.5. The van der Waals surface area contributed by atoms with Gasteiger partial charge in [-0.3, -0.25) is 4.79 Å². The minimum Gasteiger partial charge on any atom is -0.337 e. The van der Waals surface area contributed by atoms with E-state index in [1.165, 1.54) is 0 Å². The number of hydrogen-bond acceptors (Lipinski definition) is 2. The molecule has 1 aromatic carbocycles. The Morgan fingerprint density at radius 2 is 2.31 bits per heavy atom. The Bertz CT molecular complexity index is 360. The van der Waals surface area contributed by atoms with E-state index in [-0.39, 0.29) is 5.91 Å². The third-order valence-electron chi connectivity index (χ3n) is 2.39. The first-order valence-electron chi connectivity index (χ1n) is 4.29. The highest BCUT2D eigenvalue weighted by molar-refractivity contribution is 5.98. The fourth-order valence-electron chi connectivity index (χ4n) is 1.65. The standard InChI is InChI=1S/C10H12N2O/c1-12-6-8-4-7(5-11)2-3-9(8)10(12)13/h2-4H,5-6,11H2,1H3. The number of fused-ring (bicyclic) bond motifs is 1. The highest BCUT2D eigenvalue weighted by Gasteiger charge is 2.23. The van der Waals surface area contributed by atoms with Crippen molar-refractivity contribution >= 4 is 5.91 Å². The van der Waals surface area contributed by atoms with Crippen LogP contribution >= 0.6 is 0 Å². The van der Waals surface area contributed by atoms with Gasteiger partial charge in [-0.2, -0.15) is 0 Å². The van der Waals surface area contributed by atoms with Crippen molar-refractivity contribution in [3.63, 3.8) is 0 Å². The van der Waals surface area contributed by atoms with Crippen molar-refractivity contribution in [3.05, 3.63) is 34.9 Å². The normalized spacial score (nSPS) is 14.9. The molecule has 0 fully saturated rings. The molecule has 1 aliphatic rings. The predicted molar refractivity (Wildman–Crippen MR) is 50.1 cm³/mol. The predicted octanol–water partition coefficient (Wildman–Crippen LogP) is 0.731. The van der Waals surface area contributed by atoms with Crippen LogP contribution in [0, 0.1) is 0 Å². The molecule has 0 aromatic heterocycles. The lowest BCUT2D eigenvalue weighted by atomic mass is 10.1. The van der Waals surface area contributed by atoms with Gasteiger partial charge in [0.05, 0.1) is 0 Å². The summed E-state index contributed by atoms with van der Waals surface area (Å²) >= 11 is 0. The van der Waals surface area contributed by atoms with E-state index >= 15 is 0 Å². The molecular weight excluding hydrogens is 164 g/mol. The van der Waals surface area contributed by atoms with Crippen molar-refractivity contribution in [2.45, 2.75) is 13.1 Å². The van der Waals surface area contributed by atoms with E-state index in [4.69, 9.17) is 5.73 Å². The van der Waals surface area contributed by atoms with Gasteiger partial charge in [-0.1, -0.05) is 12.1 Å². The second-order valence-electron chi connectivity index (χ2n) is 3.36. The molecule has 1 aliphatic heterocycles. The molecule has 0 spiro atoms. The Hall–Kier alpha value is -1.35. The van der Waals surface area contributed by atoms with E-state index < -0.39 is 0 Å². The summed E-state index contributed by atoms with van der Waals surface area (Å²) in [5.41, 5.74) is 8.51. The van der Waals surface area contributed by atoms with Gasteiger partial charge in [0.1, 0.15) is 0 Å². The zero-order valence-corrected chi connectivity index (χ0v) is 7.58. The summed E-state index contributed by atoms with van der Waals surface area (Å²) in [5, 5.41) is 0. The van der Waals surface area contributed by atoms with Gasteiger partial charge in [-0.15, -0.1) is 0 Å². The smallest absolute Gasteiger partial charge is 0.254 e. The lowest BCUT2D eigenvalue weighted by Crippen LogP contribution is -2.17. The van der Waals surface area contributed by atoms with Gasteiger partial charge in [0, 0.05) is 25.7 Å². The summed E-state index contributed by atoms with van der Waals surface area (Å²) in [5.74, 6) is 0.110. The van der Waals surface area contributed by atoms with Crippen molar-refractivity contribution in [1.82, 2.24) is 4.90 Å². The van der Waals surface area contributed by atoms with Crippen LogP contribution < -0.4 is 5.73 Å². The van der Waals surface area contributed by atoms with E-state index in [0.717, 1.165) is 16.7 Å². The molecule has 0 radical (unpaired) electrons. The van der Waals surface area contributed by atoms with Crippen molar-refractivity contribution < 1.29 is 4.79 Å². The van der Waals surface area contributed by atoms with Crippen LogP contribution in [0.1, 0.15) is 21.5 Å². The van der Waals surface area contributed by atoms with E-state index in [0.29, 0.717) is 13.1 Å². The van der Waals surface area contributed by atoms with Gasteiger partial charge in [-0.05, 0) is 17.2 Å². The van der Waals surface area contributed by atoms with E-state index in [9.17, 15) is 4.79 Å². The fourth-order valence-corrected chi connectivity index (χ4v) is 1.65. The number of nitrogens with two attached hydrogens (primary N) is 1. The first-order chi connectivity index (χ1) is 6.22. The van der Waals surface area contributed by atoms with Gasteiger partial charge >= 0.3 is 0 Å². The average molecular weight is 176 g/mol. The maximum atomic E-state index is 11.5. The van der Waals surface area contributed by atoms with Crippen LogP contribution in [-0.4, -0.2) is 17.9 Å². The zero-order valence-electron chi connectivity index (χ0n) is 7.58. The Balaban J connectivity index is 2.46. The van der Waals surface area contributed by atoms with Crippen LogP contribution in [0.3, 0.4) is 0 Å². The number of rotatable bonds is 1. The molecule has 13 heavy (non-hydrogen) atoms. The van der Waals surface area contributed by atoms with Gasteiger partial charge in [0.2, 0.25) is 0 Å². The van der Waals surface area contributed by atoms with Crippen LogP contribution in [0.2, 0.25) is 0 Å². The number of carbonyl (C=O) groups is 1. The summed E-state index contributed by atoms with van der Waals surface area (Å²) in [7, 11) is 1.81. The second kappa shape index (κ2) is 2.85. The van der Waals surface area contributed by atoms with Crippen molar-refractivity contribution in [1.29, 1.82) is 0 Å². The number of carbonyl (C=O) groups excluding carboxylic acids is 1. The summed E-state index contributed by atoms with van der Waals surface area (Å²) in [6, 6.07) is 5.79. The van der Waals surface area contributed by atoms with Gasteiger partial charge in [0.15, 0.2) is 0 Å². The molecule has 1 heterocycles. The number of hydrogen-bond donors (Lipinski definition) is 1. The third-order valence-corrected chi connectivity index (χ3v) is 2.39. The van der Waals surface area contributed by atoms with Crippen LogP contribution in [0.25, 0.3) is 0 Å². The monoisotopic (exact) mass is 176 g/mol. The summed E-state index contributed by atoms with van der Waals surface area (Å²) in [6.45, 7) is 1.24. The number of benzene rings is 1. The molecular formula is C10H12N2O. The molecule has 3 nitrogen and oxygen atoms in total. The molecule has 0 aliphatic carbocycles. The molecule has 0 atom stereocenters. The van der Waals surface area contributed by atoms with Crippen LogP contribution in [0.5, 0.6) is 0 Å². The molecule has 0 saturated carbocycles. The van der Waals surface area contributed by atoms with Crippen LogP contribution in [0.15, 0.2) is 18.2 Å². The molecule has 0 unspecified atom stereocenters. The van der Waals surface area contributed by atoms with Crippen LogP contribution in [-0.2, 0) is 13.1 Å². The first-order valence-corrected chi connectivity index (χ1v) is 4.29. The Morgan fingerprint density at radius 3 is 3.00 bits per heavy atom. The average Bonchev–Trinajstić information content (AvgIpc) is 2.42. The summed E-state index contributed by atoms with van der Waals surface area (Å²) in [4.78, 5) is 13.2. The zero-order chi connectivity index (χ0) is 9.42. The summed E-state index contributed by atoms with van der Waals surface area (Å²) in [6.07, 6.45) is 0. The number of amides is 1. The highest BCUT2D eigenvalue weighted by atomic mass is 16.2. The molecule has 0 saturated heterocycles. The molecule has 3 heteroatoms. The lowest BCUT2D eigenvalue weighted by molar-refractivity contribution is 0.0816. The quantitative estimate of drug-likeness (QED) is 0.685. The first kappa shape index (κ1) is 8.26. The molecule has 0 bridgehead atoms. The highest BCUT2D eigenvalue weighted by Crippen LogP contribution is 2.22. The molecule has 2 rings (SSSR count). The van der Waals surface area contributed by atoms with E-state index in [1.807, 2.05) is 25.2 Å². The van der Waals surface area contributed by atoms with Gasteiger partial charge in [0.25, 0.3) is 5.91 Å². The van der Waals surface area contributed by atoms with Crippen molar-refractivity contribution in [3.8, 4) is 0 Å². The fraction of sp³-hybridized carbons (Fsp3) is 0.300. The topological polar surface area (TPSA) is 46.3 Å². The Morgan fingerprint density at radius 1 is 1.54 bits per heavy atom. The molecule has 1 aromatic rings. The molecule has 1 amide bonds. The minimum atomic E-state index is 0.110. The van der Waals surface area contributed by atoms with Gasteiger partial charge in [-0.25, -0.2) is 0 Å². The maximum Gasteiger partial charge on any atom is 0.254 e. The van der Waals surface area contributed by atoms with E-state index in [1.54, 1.807) is 4.90 Å². The third kappa shape index (κ3) is 1.21. The van der Waals surface area contributed by atoms with Crippen molar-refractivity contribution in [2.24, 2.45) is 5.73 Å². The second-order valence-corrected chi connectivity index (χ2v) is 3.36. The van der Waals surface area contributed by atoms with Crippen molar-refractivity contribution in [2.75, 3.05) is 7.05 Å². The molecule has 2 N–H and O–H groups in total. The Labute approximate surface area is 77.1 Å². The largest absolute Gasteiger partial charge is 0.337 e. The summed E-state index contributed by atoms with van der Waals surface area (Å²) < 4.78 is 0. The van der Waals surface area contributed by atoms with E-state index in [2.05, 4.69) is 0 Å². The molecule has 68 valence electrons. The number of nitrogens with zero attached hydrogens (tertiary/aromatic N) is 1. The Kier molecular flexibility index (Phi) is 1.81. The van der Waals surface area contributed by atoms with Crippen LogP contribution in [0.4, 0.5) is 0 Å². The van der Waals surface area contributed by atoms with Gasteiger partial charge < -0.3 is 10.6 Å².